The number of carbonyl (C=O) groups is 3. The molecule has 8 heteroatoms. The van der Waals surface area contributed by atoms with E-state index >= 15 is 0 Å². The van der Waals surface area contributed by atoms with Gasteiger partial charge in [0.05, 0.1) is 40.3 Å². The van der Waals surface area contributed by atoms with Gasteiger partial charge in [0.25, 0.3) is 0 Å². The van der Waals surface area contributed by atoms with Gasteiger partial charge in [0.2, 0.25) is 0 Å². The number of hydrogen-bond donors (Lipinski definition) is 0. The van der Waals surface area contributed by atoms with Crippen LogP contribution in [-0.4, -0.2) is 75.5 Å². The van der Waals surface area contributed by atoms with E-state index in [-0.39, 0.29) is 42.7 Å². The van der Waals surface area contributed by atoms with E-state index in [1.807, 2.05) is 6.08 Å². The summed E-state index contributed by atoms with van der Waals surface area (Å²) in [6.07, 6.45) is 55.3. The first kappa shape index (κ1) is 59.0. The van der Waals surface area contributed by atoms with Gasteiger partial charge in [-0.05, 0) is 64.2 Å². The topological polar surface area (TPSA) is 102 Å². The highest BCUT2D eigenvalue weighted by Crippen LogP contribution is 2.14. The fraction of sp³-hybridized carbons (Fsp3) is 0.759. The van der Waals surface area contributed by atoms with Gasteiger partial charge in [-0.3, -0.25) is 9.59 Å². The lowest BCUT2D eigenvalue weighted by Crippen LogP contribution is -2.55. The molecule has 0 bridgehead atoms. The fourth-order valence-electron chi connectivity index (χ4n) is 7.25. The van der Waals surface area contributed by atoms with Crippen molar-refractivity contribution in [3.05, 3.63) is 60.8 Å². The molecule has 62 heavy (non-hydrogen) atoms. The van der Waals surface area contributed by atoms with Crippen LogP contribution >= 0.6 is 0 Å². The summed E-state index contributed by atoms with van der Waals surface area (Å²) in [5.74, 6) is -1.77. The van der Waals surface area contributed by atoms with Crippen LogP contribution < -0.4 is 5.11 Å². The van der Waals surface area contributed by atoms with Crippen LogP contribution in [0.2, 0.25) is 0 Å². The van der Waals surface area contributed by atoms with Crippen LogP contribution in [0, 0.1) is 0 Å². The summed E-state index contributed by atoms with van der Waals surface area (Å²) in [5.41, 5.74) is 0. The van der Waals surface area contributed by atoms with Crippen LogP contribution in [0.5, 0.6) is 0 Å². The number of esters is 2. The van der Waals surface area contributed by atoms with Crippen molar-refractivity contribution >= 4 is 17.9 Å². The summed E-state index contributed by atoms with van der Waals surface area (Å²) in [6.45, 7) is 4.61. The number of ether oxygens (including phenoxy) is 3. The highest BCUT2D eigenvalue weighted by Gasteiger charge is 2.25. The highest BCUT2D eigenvalue weighted by atomic mass is 16.6. The Morgan fingerprint density at radius 1 is 0.484 bits per heavy atom. The minimum atomic E-state index is -1.13. The van der Waals surface area contributed by atoms with E-state index in [0.29, 0.717) is 12.8 Å². The van der Waals surface area contributed by atoms with Gasteiger partial charge in [-0.1, -0.05) is 190 Å². The Hall–Kier alpha value is -2.97. The number of carboxylic acids is 1. The number of hydrogen-bond acceptors (Lipinski definition) is 7. The first-order chi connectivity index (χ1) is 30.1. The smallest absolute Gasteiger partial charge is 0.306 e. The van der Waals surface area contributed by atoms with Gasteiger partial charge in [-0.25, -0.2) is 0 Å². The van der Waals surface area contributed by atoms with E-state index in [4.69, 9.17) is 14.2 Å². The molecule has 0 amide bonds. The number of carboxylic acid groups (broad SMARTS) is 1. The predicted octanol–water partition coefficient (Wildman–Crippen LogP) is 13.2. The Labute approximate surface area is 381 Å². The molecule has 0 saturated heterocycles. The number of unbranched alkanes of at least 4 members (excludes halogenated alkanes) is 24. The SMILES string of the molecule is CCCCC/C=C/C=C/C=C/C=C/CCCCCCCC(=O)OC(COCCC(C(=O)[O-])[N+](C)(C)C)COC(=O)CCCCCCCCC/C=C/CCCCCCCCCCC. The largest absolute Gasteiger partial charge is 0.544 e. The van der Waals surface area contributed by atoms with Gasteiger partial charge >= 0.3 is 11.9 Å². The normalized spacial score (nSPS) is 13.4. The Bertz CT molecular complexity index is 1200. The molecule has 0 aliphatic heterocycles. The summed E-state index contributed by atoms with van der Waals surface area (Å²) >= 11 is 0. The monoisotopic (exact) mass is 870 g/mol. The maximum atomic E-state index is 12.8. The first-order valence-corrected chi connectivity index (χ1v) is 25.4. The summed E-state index contributed by atoms with van der Waals surface area (Å²) in [5, 5.41) is 11.7. The van der Waals surface area contributed by atoms with Crippen LogP contribution in [0.25, 0.3) is 0 Å². The zero-order chi connectivity index (χ0) is 45.6. The average Bonchev–Trinajstić information content (AvgIpc) is 3.23. The van der Waals surface area contributed by atoms with E-state index in [0.717, 1.165) is 64.2 Å². The second-order valence-corrected chi connectivity index (χ2v) is 18.1. The van der Waals surface area contributed by atoms with E-state index in [2.05, 4.69) is 68.5 Å². The summed E-state index contributed by atoms with van der Waals surface area (Å²) in [6, 6.07) is -0.734. The molecule has 0 N–H and O–H groups in total. The average molecular weight is 870 g/mol. The zero-order valence-corrected chi connectivity index (χ0v) is 40.8. The fourth-order valence-corrected chi connectivity index (χ4v) is 7.25. The second-order valence-electron chi connectivity index (χ2n) is 18.1. The van der Waals surface area contributed by atoms with Crippen LogP contribution in [0.3, 0.4) is 0 Å². The molecule has 0 aromatic heterocycles. The maximum absolute atomic E-state index is 12.8. The Morgan fingerprint density at radius 3 is 1.34 bits per heavy atom. The minimum Gasteiger partial charge on any atom is -0.544 e. The van der Waals surface area contributed by atoms with Gasteiger partial charge in [0.15, 0.2) is 6.10 Å². The molecule has 8 nitrogen and oxygen atoms in total. The maximum Gasteiger partial charge on any atom is 0.306 e. The van der Waals surface area contributed by atoms with Crippen molar-refractivity contribution < 1.29 is 38.2 Å². The molecule has 0 heterocycles. The number of aliphatic carboxylic acids is 1. The van der Waals surface area contributed by atoms with Gasteiger partial charge in [0, 0.05) is 19.3 Å². The molecule has 0 aromatic rings. The summed E-state index contributed by atoms with van der Waals surface area (Å²) in [7, 11) is 5.40. The number of nitrogens with zero attached hydrogens (tertiary/aromatic N) is 1. The second kappa shape index (κ2) is 44.6. The third kappa shape index (κ3) is 42.3. The molecule has 0 radical (unpaired) electrons. The molecule has 358 valence electrons. The molecular weight excluding hydrogens is 775 g/mol. The number of allylic oxidation sites excluding steroid dienone is 10. The van der Waals surface area contributed by atoms with Crippen molar-refractivity contribution in [3.8, 4) is 0 Å². The van der Waals surface area contributed by atoms with E-state index < -0.39 is 18.1 Å². The zero-order valence-electron chi connectivity index (χ0n) is 40.8. The molecule has 2 unspecified atom stereocenters. The van der Waals surface area contributed by atoms with Crippen LogP contribution in [0.15, 0.2) is 60.8 Å². The first-order valence-electron chi connectivity index (χ1n) is 25.4. The van der Waals surface area contributed by atoms with Crippen molar-refractivity contribution in [3.63, 3.8) is 0 Å². The molecule has 2 atom stereocenters. The Kier molecular flexibility index (Phi) is 42.5. The van der Waals surface area contributed by atoms with Gasteiger partial charge < -0.3 is 28.6 Å². The molecule has 0 rings (SSSR count). The summed E-state index contributed by atoms with van der Waals surface area (Å²) < 4.78 is 17.2. The quantitative estimate of drug-likeness (QED) is 0.0197. The lowest BCUT2D eigenvalue weighted by atomic mass is 10.1. The molecule has 0 fully saturated rings. The molecule has 0 saturated carbocycles. The number of likely N-dealkylation sites (N-methyl/N-ethyl adjacent to an activating group) is 1. The number of rotatable bonds is 45. The highest BCUT2D eigenvalue weighted by molar-refractivity contribution is 5.70. The number of quaternary nitrogens is 1. The van der Waals surface area contributed by atoms with Gasteiger partial charge in [0.1, 0.15) is 12.6 Å². The predicted molar refractivity (Wildman–Crippen MR) is 259 cm³/mol. The molecule has 0 spiro atoms. The van der Waals surface area contributed by atoms with Crippen molar-refractivity contribution in [1.29, 1.82) is 0 Å². The lowest BCUT2D eigenvalue weighted by molar-refractivity contribution is -0.889. The molecule has 0 aromatic carbocycles. The van der Waals surface area contributed by atoms with Crippen molar-refractivity contribution in [1.82, 2.24) is 0 Å². The molecule has 0 aliphatic carbocycles. The van der Waals surface area contributed by atoms with E-state index in [1.54, 1.807) is 21.1 Å². The van der Waals surface area contributed by atoms with E-state index in [9.17, 15) is 19.5 Å². The third-order valence-corrected chi connectivity index (χ3v) is 11.2. The summed E-state index contributed by atoms with van der Waals surface area (Å²) in [4.78, 5) is 37.0. The van der Waals surface area contributed by atoms with Crippen molar-refractivity contribution in [2.75, 3.05) is 41.0 Å². The number of carbonyl (C=O) groups excluding carboxylic acids is 3. The van der Waals surface area contributed by atoms with Gasteiger partial charge in [-0.15, -0.1) is 0 Å². The lowest BCUT2D eigenvalue weighted by Gasteiger charge is -2.34. The van der Waals surface area contributed by atoms with Gasteiger partial charge in [-0.2, -0.15) is 0 Å². The molecular formula is C54H95NO7. The Balaban J connectivity index is 4.31. The van der Waals surface area contributed by atoms with Crippen LogP contribution in [-0.2, 0) is 28.6 Å². The third-order valence-electron chi connectivity index (χ3n) is 11.2. The van der Waals surface area contributed by atoms with Crippen LogP contribution in [0.1, 0.15) is 213 Å². The molecule has 0 aliphatic rings. The Morgan fingerprint density at radius 2 is 0.871 bits per heavy atom. The standard InChI is InChI=1S/C54H95NO7/c1-6-8-10-12-14-16-18-20-22-24-26-27-29-30-32-34-36-38-40-42-44-52(56)61-49-50(48-60-47-46-51(54(58)59)55(3,4)5)62-53(57)45-43-41-39-37-35-33-31-28-25-23-21-19-17-15-13-11-9-7-2/h15,17,19,21,23,25-28,31,50-51H,6-14,16,18,20,22,24,29-30,32-49H2,1-5H3/b17-15+,21-19+,25-23+,27-26+,31-28+. The van der Waals surface area contributed by atoms with Crippen molar-refractivity contribution in [2.24, 2.45) is 0 Å². The van der Waals surface area contributed by atoms with Crippen LogP contribution in [0.4, 0.5) is 0 Å². The van der Waals surface area contributed by atoms with E-state index in [1.165, 1.54) is 116 Å². The van der Waals surface area contributed by atoms with Crippen molar-refractivity contribution in [2.45, 2.75) is 225 Å². The minimum absolute atomic E-state index is 0.0280.